The number of nitrogens with zero attached hydrogens (tertiary/aromatic N) is 3. The first-order valence-electron chi connectivity index (χ1n) is 24.8. The van der Waals surface area contributed by atoms with Crippen molar-refractivity contribution in [1.82, 2.24) is 10.3 Å². The van der Waals surface area contributed by atoms with E-state index in [0.717, 1.165) is 81.3 Å². The highest BCUT2D eigenvalue weighted by molar-refractivity contribution is 6.13. The first-order valence-corrected chi connectivity index (χ1v) is 24.8. The summed E-state index contributed by atoms with van der Waals surface area (Å²) < 4.78 is 0. The van der Waals surface area contributed by atoms with Crippen LogP contribution in [-0.2, 0) is 10.8 Å². The molecule has 2 heterocycles. The number of nitrogens with one attached hydrogen (secondary N) is 1. The average Bonchev–Trinajstić information content (AvgIpc) is 3.54. The number of aliphatic imine (C=N–C) groups is 2. The van der Waals surface area contributed by atoms with Crippen molar-refractivity contribution in [3.8, 4) is 44.8 Å². The maximum Gasteiger partial charge on any atom is 0.155 e. The lowest BCUT2D eigenvalue weighted by Gasteiger charge is -2.46. The number of pyridine rings is 1. The minimum atomic E-state index is -0.595. The molecule has 1 unspecified atom stereocenters. The summed E-state index contributed by atoms with van der Waals surface area (Å²) >= 11 is 0. The Labute approximate surface area is 416 Å². The highest BCUT2D eigenvalue weighted by Crippen LogP contribution is 2.63. The number of aromatic nitrogens is 1. The van der Waals surface area contributed by atoms with Crippen LogP contribution in [0.1, 0.15) is 89.3 Å². The molecule has 0 radical (unpaired) electrons. The third-order valence-corrected chi connectivity index (χ3v) is 15.2. The van der Waals surface area contributed by atoms with Gasteiger partial charge in [0.25, 0.3) is 0 Å². The normalized spacial score (nSPS) is 17.4. The van der Waals surface area contributed by atoms with Gasteiger partial charge in [-0.25, -0.2) is 15.0 Å². The van der Waals surface area contributed by atoms with E-state index in [1.54, 1.807) is 0 Å². The Morgan fingerprint density at radius 2 is 1.17 bits per heavy atom. The first kappa shape index (κ1) is 42.5. The van der Waals surface area contributed by atoms with E-state index >= 15 is 0 Å². The lowest BCUT2D eigenvalue weighted by molar-refractivity contribution is 0.563. The molecule has 338 valence electrons. The van der Waals surface area contributed by atoms with Crippen molar-refractivity contribution in [2.45, 2.75) is 50.1 Å². The molecule has 0 bridgehead atoms. The lowest BCUT2D eigenvalue weighted by Crippen LogP contribution is -2.40. The molecule has 0 fully saturated rings. The van der Waals surface area contributed by atoms with Crippen LogP contribution in [0, 0.1) is 0 Å². The van der Waals surface area contributed by atoms with Crippen molar-refractivity contribution < 1.29 is 0 Å². The van der Waals surface area contributed by atoms with Gasteiger partial charge in [-0.2, -0.15) is 0 Å². The van der Waals surface area contributed by atoms with E-state index in [9.17, 15) is 0 Å². The quantitative estimate of drug-likeness (QED) is 0.162. The Morgan fingerprint density at radius 1 is 0.535 bits per heavy atom. The van der Waals surface area contributed by atoms with Crippen LogP contribution in [0.25, 0.3) is 50.3 Å². The lowest BCUT2D eigenvalue weighted by atomic mass is 9.55. The number of fused-ring (bicyclic) bond motifs is 9. The van der Waals surface area contributed by atoms with Gasteiger partial charge < -0.3 is 5.32 Å². The Hall–Kier alpha value is -8.65. The smallest absolute Gasteiger partial charge is 0.155 e. The van der Waals surface area contributed by atoms with Gasteiger partial charge in [0.1, 0.15) is 12.0 Å². The maximum absolute atomic E-state index is 5.60. The molecule has 8 aromatic rings. The van der Waals surface area contributed by atoms with Crippen molar-refractivity contribution in [3.63, 3.8) is 0 Å². The molecule has 4 aliphatic carbocycles. The van der Waals surface area contributed by atoms with Crippen LogP contribution < -0.4 is 5.32 Å². The minimum Gasteiger partial charge on any atom is -0.344 e. The number of hydrogen-bond acceptors (Lipinski definition) is 4. The second-order valence-electron chi connectivity index (χ2n) is 19.6. The summed E-state index contributed by atoms with van der Waals surface area (Å²) in [5.41, 5.74) is 27.6. The molecule has 1 atom stereocenters. The Morgan fingerprint density at radius 3 is 1.85 bits per heavy atom. The van der Waals surface area contributed by atoms with E-state index in [0.29, 0.717) is 0 Å². The van der Waals surface area contributed by atoms with E-state index in [4.69, 9.17) is 15.0 Å². The number of allylic oxidation sites excluding steroid dienone is 7. The fourth-order valence-corrected chi connectivity index (χ4v) is 11.8. The summed E-state index contributed by atoms with van der Waals surface area (Å²) in [6, 6.07) is 66.9. The van der Waals surface area contributed by atoms with Crippen molar-refractivity contribution >= 4 is 17.2 Å². The van der Waals surface area contributed by atoms with Crippen LogP contribution in [0.4, 0.5) is 0 Å². The van der Waals surface area contributed by atoms with Crippen LogP contribution in [0.5, 0.6) is 0 Å². The van der Waals surface area contributed by atoms with E-state index in [-0.39, 0.29) is 5.41 Å². The van der Waals surface area contributed by atoms with Crippen molar-refractivity contribution in [2.75, 3.05) is 0 Å². The van der Waals surface area contributed by atoms with Crippen LogP contribution in [0.3, 0.4) is 0 Å². The van der Waals surface area contributed by atoms with Crippen molar-refractivity contribution in [3.05, 3.63) is 286 Å². The van der Waals surface area contributed by atoms with E-state index in [1.807, 2.05) is 12.2 Å². The van der Waals surface area contributed by atoms with Crippen LogP contribution >= 0.6 is 0 Å². The molecule has 1 spiro atoms. The number of amidine groups is 2. The van der Waals surface area contributed by atoms with E-state index < -0.39 is 11.6 Å². The minimum absolute atomic E-state index is 0.220. The summed E-state index contributed by atoms with van der Waals surface area (Å²) in [5.74, 6) is 1.59. The van der Waals surface area contributed by atoms with Crippen LogP contribution in [0.2, 0.25) is 0 Å². The van der Waals surface area contributed by atoms with Gasteiger partial charge in [-0.1, -0.05) is 207 Å². The molecule has 4 heteroatoms. The van der Waals surface area contributed by atoms with Gasteiger partial charge in [0, 0.05) is 27.7 Å². The van der Waals surface area contributed by atoms with Gasteiger partial charge >= 0.3 is 0 Å². The molecule has 13 rings (SSSR count). The molecule has 0 saturated carbocycles. The van der Waals surface area contributed by atoms with E-state index in [2.05, 4.69) is 237 Å². The predicted octanol–water partition coefficient (Wildman–Crippen LogP) is 15.5. The molecule has 5 aliphatic rings. The third kappa shape index (κ3) is 7.03. The molecule has 1 N–H and O–H groups in total. The molecule has 4 nitrogen and oxygen atoms in total. The van der Waals surface area contributed by atoms with Gasteiger partial charge in [-0.3, -0.25) is 0 Å². The fraction of sp³-hybridized carbons (Fsp3) is 0.119. The van der Waals surface area contributed by atoms with Crippen molar-refractivity contribution in [2.24, 2.45) is 9.98 Å². The van der Waals surface area contributed by atoms with Gasteiger partial charge in [-0.15, -0.1) is 0 Å². The SMILES string of the molecule is CC1(C)c2ccccc2C2(c3ccc(-c4cc(-c5ccccc5)nc(-c5ccccc5)c4)cc3-c3c(C4N=C(C5=CC=CCC5)N=C(c5ccc(C6=CC=C=C=CC6)cc5)N4)cccc32)c2ccccc21. The van der Waals surface area contributed by atoms with Crippen LogP contribution in [-0.4, -0.2) is 16.7 Å². The summed E-state index contributed by atoms with van der Waals surface area (Å²) in [4.78, 5) is 16.2. The number of hydrogen-bond donors (Lipinski definition) is 1. The largest absolute Gasteiger partial charge is 0.344 e. The summed E-state index contributed by atoms with van der Waals surface area (Å²) in [5, 5.41) is 3.93. The molecule has 1 aromatic heterocycles. The Balaban J connectivity index is 1.04. The molecular weight excluding hydrogens is 861 g/mol. The topological polar surface area (TPSA) is 49.6 Å². The highest BCUT2D eigenvalue weighted by Gasteiger charge is 2.54. The van der Waals surface area contributed by atoms with Crippen molar-refractivity contribution in [1.29, 1.82) is 0 Å². The summed E-state index contributed by atoms with van der Waals surface area (Å²) in [6.45, 7) is 4.77. The maximum atomic E-state index is 5.60. The van der Waals surface area contributed by atoms with Gasteiger partial charge in [0.15, 0.2) is 5.84 Å². The molecular formula is C67H50N4. The zero-order chi connectivity index (χ0) is 47.5. The monoisotopic (exact) mass is 910 g/mol. The summed E-state index contributed by atoms with van der Waals surface area (Å²) in [7, 11) is 0. The van der Waals surface area contributed by atoms with E-state index in [1.165, 1.54) is 55.6 Å². The van der Waals surface area contributed by atoms with Gasteiger partial charge in [0.2, 0.25) is 0 Å². The molecule has 0 amide bonds. The number of benzene rings is 7. The Kier molecular flexibility index (Phi) is 10.2. The standard InChI is InChI=1S/C67H50N4/c1-66(2)55-30-16-18-32-57(55)67(58-33-19-17-31-56(58)66)54-40-39-50(51-42-60(46-23-10-5-11-24-46)68-61(43-51)47-25-12-6-13-26-47)41-53(54)62-52(29-20-34-59(62)67)65-70-63(48-27-14-7-15-28-48)69-64(71-65)49-37-35-45(36-38-49)44-21-8-3-4-9-22-44/h5-14,16-21,23-27,29-43,65H,15,22,28H2,1-2H3,(H,69,70,71). The summed E-state index contributed by atoms with van der Waals surface area (Å²) in [6.07, 6.45) is 14.9. The molecule has 0 saturated heterocycles. The average molecular weight is 911 g/mol. The van der Waals surface area contributed by atoms with Crippen LogP contribution in [0.15, 0.2) is 245 Å². The highest BCUT2D eigenvalue weighted by atomic mass is 15.2. The third-order valence-electron chi connectivity index (χ3n) is 15.2. The van der Waals surface area contributed by atoms with Gasteiger partial charge in [0.05, 0.1) is 16.8 Å². The van der Waals surface area contributed by atoms with Gasteiger partial charge in [-0.05, 0) is 128 Å². The molecule has 71 heavy (non-hydrogen) atoms. The first-order chi connectivity index (χ1) is 34.9. The predicted molar refractivity (Wildman–Crippen MR) is 291 cm³/mol. The second kappa shape index (κ2) is 17.1. The fourth-order valence-electron chi connectivity index (χ4n) is 11.8. The number of rotatable bonds is 7. The zero-order valence-electron chi connectivity index (χ0n) is 39.8. The Bertz CT molecular complexity index is 3630. The second-order valence-corrected chi connectivity index (χ2v) is 19.6. The zero-order valence-corrected chi connectivity index (χ0v) is 39.8. The molecule has 1 aliphatic heterocycles. The molecule has 7 aromatic carbocycles.